The third-order valence-corrected chi connectivity index (χ3v) is 9.17. The van der Waals surface area contributed by atoms with E-state index in [4.69, 9.17) is 9.72 Å². The Morgan fingerprint density at radius 1 is 1.21 bits per heavy atom. The number of benzene rings is 2. The standard InChI is InChI=1S/C24H30FN3O3S2/c1-4-27(5-2)33(29,30)21-10-11-23-22(14-21)26-24(28(23)15-20-7-6-12-31-20)32-16-18-8-9-19(25)13-17(18)3/h8-11,13-14,20H,4-7,12,15-16H2,1-3H3. The van der Waals surface area contributed by atoms with E-state index >= 15 is 0 Å². The lowest BCUT2D eigenvalue weighted by Gasteiger charge is -2.18. The third-order valence-electron chi connectivity index (χ3n) is 6.10. The van der Waals surface area contributed by atoms with Crippen LogP contribution in [0.3, 0.4) is 0 Å². The molecule has 1 aromatic heterocycles. The van der Waals surface area contributed by atoms with Crippen molar-refractivity contribution in [2.75, 3.05) is 19.7 Å². The van der Waals surface area contributed by atoms with Gasteiger partial charge in [0.05, 0.1) is 28.6 Å². The monoisotopic (exact) mass is 491 g/mol. The van der Waals surface area contributed by atoms with Crippen LogP contribution in [0.15, 0.2) is 46.5 Å². The predicted octanol–water partition coefficient (Wildman–Crippen LogP) is 4.99. The molecule has 1 aliphatic rings. The number of thioether (sulfide) groups is 1. The molecule has 0 saturated carbocycles. The summed E-state index contributed by atoms with van der Waals surface area (Å²) in [6.07, 6.45) is 2.16. The quantitative estimate of drug-likeness (QED) is 0.395. The first-order chi connectivity index (χ1) is 15.8. The number of hydrogen-bond donors (Lipinski definition) is 0. The van der Waals surface area contributed by atoms with Gasteiger partial charge in [-0.05, 0) is 61.2 Å². The van der Waals surface area contributed by atoms with Gasteiger partial charge in [-0.25, -0.2) is 17.8 Å². The summed E-state index contributed by atoms with van der Waals surface area (Å²) in [5, 5.41) is 0.807. The van der Waals surface area contributed by atoms with Crippen LogP contribution in [-0.2, 0) is 27.1 Å². The number of aryl methyl sites for hydroxylation is 1. The number of fused-ring (bicyclic) bond motifs is 1. The van der Waals surface area contributed by atoms with Crippen molar-refractivity contribution in [3.63, 3.8) is 0 Å². The van der Waals surface area contributed by atoms with Crippen molar-refractivity contribution in [2.24, 2.45) is 0 Å². The van der Waals surface area contributed by atoms with Crippen LogP contribution in [0.5, 0.6) is 0 Å². The van der Waals surface area contributed by atoms with E-state index in [0.717, 1.165) is 41.2 Å². The van der Waals surface area contributed by atoms with Gasteiger partial charge in [-0.3, -0.25) is 0 Å². The molecule has 0 amide bonds. The van der Waals surface area contributed by atoms with Gasteiger partial charge in [0.15, 0.2) is 5.16 Å². The molecule has 0 bridgehead atoms. The second kappa shape index (κ2) is 10.1. The minimum Gasteiger partial charge on any atom is -0.376 e. The molecule has 1 atom stereocenters. The molecule has 2 heterocycles. The van der Waals surface area contributed by atoms with Crippen LogP contribution in [0.1, 0.15) is 37.8 Å². The highest BCUT2D eigenvalue weighted by Crippen LogP contribution is 2.31. The smallest absolute Gasteiger partial charge is 0.243 e. The second-order valence-corrected chi connectivity index (χ2v) is 11.1. The number of rotatable bonds is 9. The van der Waals surface area contributed by atoms with E-state index in [9.17, 15) is 12.8 Å². The summed E-state index contributed by atoms with van der Waals surface area (Å²) in [4.78, 5) is 5.07. The minimum atomic E-state index is -3.57. The molecule has 1 saturated heterocycles. The molecule has 9 heteroatoms. The molecule has 178 valence electrons. The molecular formula is C24H30FN3O3S2. The highest BCUT2D eigenvalue weighted by atomic mass is 32.2. The lowest BCUT2D eigenvalue weighted by Crippen LogP contribution is -2.30. The Morgan fingerprint density at radius 2 is 2.00 bits per heavy atom. The Bertz CT molecular complexity index is 1230. The van der Waals surface area contributed by atoms with Crippen LogP contribution in [-0.4, -0.2) is 48.1 Å². The van der Waals surface area contributed by atoms with Crippen LogP contribution in [0.2, 0.25) is 0 Å². The van der Waals surface area contributed by atoms with Gasteiger partial charge < -0.3 is 9.30 Å². The van der Waals surface area contributed by atoms with E-state index in [1.54, 1.807) is 30.0 Å². The first-order valence-corrected chi connectivity index (χ1v) is 13.8. The molecule has 33 heavy (non-hydrogen) atoms. The van der Waals surface area contributed by atoms with Crippen molar-refractivity contribution in [1.82, 2.24) is 13.9 Å². The number of hydrogen-bond acceptors (Lipinski definition) is 5. The molecule has 1 aliphatic heterocycles. The van der Waals surface area contributed by atoms with Crippen LogP contribution in [0, 0.1) is 12.7 Å². The van der Waals surface area contributed by atoms with Crippen molar-refractivity contribution in [2.45, 2.75) is 62.1 Å². The van der Waals surface area contributed by atoms with Crippen molar-refractivity contribution in [3.05, 3.63) is 53.3 Å². The van der Waals surface area contributed by atoms with Crippen LogP contribution in [0.4, 0.5) is 4.39 Å². The number of ether oxygens (including phenoxy) is 1. The van der Waals surface area contributed by atoms with E-state index < -0.39 is 10.0 Å². The molecule has 0 N–H and O–H groups in total. The highest BCUT2D eigenvalue weighted by molar-refractivity contribution is 7.98. The molecule has 0 spiro atoms. The fourth-order valence-electron chi connectivity index (χ4n) is 4.20. The zero-order chi connectivity index (χ0) is 23.6. The van der Waals surface area contributed by atoms with Gasteiger partial charge in [0.1, 0.15) is 5.82 Å². The molecule has 1 fully saturated rings. The zero-order valence-electron chi connectivity index (χ0n) is 19.3. The van der Waals surface area contributed by atoms with Crippen molar-refractivity contribution < 1.29 is 17.5 Å². The van der Waals surface area contributed by atoms with Gasteiger partial charge in [0.25, 0.3) is 0 Å². The maximum atomic E-state index is 13.5. The summed E-state index contributed by atoms with van der Waals surface area (Å²) in [5.74, 6) is 0.403. The molecule has 2 aromatic carbocycles. The Morgan fingerprint density at radius 3 is 2.67 bits per heavy atom. The first-order valence-electron chi connectivity index (χ1n) is 11.3. The van der Waals surface area contributed by atoms with Crippen LogP contribution in [0.25, 0.3) is 11.0 Å². The maximum Gasteiger partial charge on any atom is 0.243 e. The Hall–Kier alpha value is -1.94. The largest absolute Gasteiger partial charge is 0.376 e. The summed E-state index contributed by atoms with van der Waals surface area (Å²) >= 11 is 1.57. The Labute approximate surface area is 199 Å². The van der Waals surface area contributed by atoms with E-state index in [1.807, 2.05) is 26.8 Å². The summed E-state index contributed by atoms with van der Waals surface area (Å²) < 4.78 is 49.0. The van der Waals surface area contributed by atoms with Gasteiger partial charge in [0, 0.05) is 25.4 Å². The normalized spacial score (nSPS) is 16.8. The van der Waals surface area contributed by atoms with Crippen molar-refractivity contribution >= 4 is 32.8 Å². The van der Waals surface area contributed by atoms with Gasteiger partial charge in [0.2, 0.25) is 10.0 Å². The van der Waals surface area contributed by atoms with E-state index in [0.29, 0.717) is 30.9 Å². The fourth-order valence-corrected chi connectivity index (χ4v) is 6.78. The van der Waals surface area contributed by atoms with E-state index in [1.165, 1.54) is 16.4 Å². The minimum absolute atomic E-state index is 0.119. The average molecular weight is 492 g/mol. The van der Waals surface area contributed by atoms with Gasteiger partial charge in [-0.15, -0.1) is 0 Å². The predicted molar refractivity (Wildman–Crippen MR) is 130 cm³/mol. The Kier molecular flexibility index (Phi) is 7.43. The number of nitrogens with zero attached hydrogens (tertiary/aromatic N) is 3. The highest BCUT2D eigenvalue weighted by Gasteiger charge is 2.24. The van der Waals surface area contributed by atoms with E-state index in [2.05, 4.69) is 4.57 Å². The van der Waals surface area contributed by atoms with Gasteiger partial charge in [-0.1, -0.05) is 31.7 Å². The SMILES string of the molecule is CCN(CC)S(=O)(=O)c1ccc2c(c1)nc(SCc1ccc(F)cc1C)n2CC1CCCO1. The number of aromatic nitrogens is 2. The van der Waals surface area contributed by atoms with Crippen molar-refractivity contribution in [1.29, 1.82) is 0 Å². The third kappa shape index (κ3) is 5.11. The molecule has 3 aromatic rings. The molecule has 6 nitrogen and oxygen atoms in total. The van der Waals surface area contributed by atoms with Crippen molar-refractivity contribution in [3.8, 4) is 0 Å². The second-order valence-electron chi connectivity index (χ2n) is 8.24. The molecule has 0 radical (unpaired) electrons. The average Bonchev–Trinajstić information content (AvgIpc) is 3.42. The number of imidazole rings is 1. The van der Waals surface area contributed by atoms with Crippen LogP contribution >= 0.6 is 11.8 Å². The van der Waals surface area contributed by atoms with Gasteiger partial charge in [-0.2, -0.15) is 4.31 Å². The van der Waals surface area contributed by atoms with E-state index in [-0.39, 0.29) is 16.8 Å². The molecule has 1 unspecified atom stereocenters. The fraction of sp³-hybridized carbons (Fsp3) is 0.458. The topological polar surface area (TPSA) is 64.4 Å². The lowest BCUT2D eigenvalue weighted by atomic mass is 10.1. The van der Waals surface area contributed by atoms with Crippen LogP contribution < -0.4 is 0 Å². The number of sulfonamides is 1. The Balaban J connectivity index is 1.70. The summed E-state index contributed by atoms with van der Waals surface area (Å²) in [6.45, 7) is 7.85. The summed E-state index contributed by atoms with van der Waals surface area (Å²) in [6, 6.07) is 10.0. The first kappa shape index (κ1) is 24.2. The lowest BCUT2D eigenvalue weighted by molar-refractivity contribution is 0.0960. The molecular weight excluding hydrogens is 461 g/mol. The molecule has 4 rings (SSSR count). The number of halogens is 1. The summed E-state index contributed by atoms with van der Waals surface area (Å²) in [5.41, 5.74) is 3.49. The summed E-state index contributed by atoms with van der Waals surface area (Å²) in [7, 11) is -3.57. The maximum absolute atomic E-state index is 13.5. The zero-order valence-corrected chi connectivity index (χ0v) is 20.9. The van der Waals surface area contributed by atoms with Gasteiger partial charge >= 0.3 is 0 Å². The molecule has 0 aliphatic carbocycles.